The molecule has 81 heavy (non-hydrogen) atoms. The minimum Gasteiger partial charge on any atom is -0.462 e. The summed E-state index contributed by atoms with van der Waals surface area (Å²) in [7, 11) is 0. The zero-order chi connectivity index (χ0) is 58.4. The number of rotatable bonds is 63. The lowest BCUT2D eigenvalue weighted by Gasteiger charge is -2.15. The molecule has 0 aromatic heterocycles. The molecule has 1 N–H and O–H groups in total. The SMILES string of the molecule is CC/C=C\C/C=C\C/C=C\C/C=C\C/C=C\C/C=C\C/C=C\C/C=C\C/C=C\C/C=C\CCCCCCCCCCCCC(=O)OC(CO)COC(=O)CCCCCCCCCCCCCCCCCCCCCCCCCCCC. The second-order valence-electron chi connectivity index (χ2n) is 22.9. The quantitative estimate of drug-likeness (QED) is 0.0373. The summed E-state index contributed by atoms with van der Waals surface area (Å²) >= 11 is 0. The number of carbonyl (C=O) groups excluding carboxylic acids is 2. The van der Waals surface area contributed by atoms with Gasteiger partial charge in [0.15, 0.2) is 6.10 Å². The van der Waals surface area contributed by atoms with Gasteiger partial charge in [-0.15, -0.1) is 0 Å². The lowest BCUT2D eigenvalue weighted by Crippen LogP contribution is -2.28. The molecule has 0 spiro atoms. The van der Waals surface area contributed by atoms with E-state index in [1.807, 2.05) is 0 Å². The number of aliphatic hydroxyl groups excluding tert-OH is 1. The van der Waals surface area contributed by atoms with E-state index in [1.54, 1.807) is 0 Å². The summed E-state index contributed by atoms with van der Waals surface area (Å²) in [6, 6.07) is 0. The first kappa shape index (κ1) is 77.3. The topological polar surface area (TPSA) is 72.8 Å². The second-order valence-corrected chi connectivity index (χ2v) is 22.9. The summed E-state index contributed by atoms with van der Waals surface area (Å²) in [5, 5.41) is 9.70. The first-order chi connectivity index (χ1) is 40.1. The Morgan fingerprint density at radius 2 is 0.531 bits per heavy atom. The number of aliphatic hydroxyl groups is 1. The summed E-state index contributed by atoms with van der Waals surface area (Å²) in [6.07, 6.45) is 104. The lowest BCUT2D eigenvalue weighted by atomic mass is 10.0. The minimum absolute atomic E-state index is 0.0688. The van der Waals surface area contributed by atoms with Crippen molar-refractivity contribution in [3.8, 4) is 0 Å². The number of hydrogen-bond donors (Lipinski definition) is 1. The molecule has 1 atom stereocenters. The van der Waals surface area contributed by atoms with Crippen molar-refractivity contribution in [1.82, 2.24) is 0 Å². The highest BCUT2D eigenvalue weighted by atomic mass is 16.6. The summed E-state index contributed by atoms with van der Waals surface area (Å²) in [5.74, 6) is -0.586. The molecule has 0 aliphatic carbocycles. The van der Waals surface area contributed by atoms with Crippen molar-refractivity contribution < 1.29 is 24.2 Å². The molecule has 0 aromatic carbocycles. The molecule has 0 aliphatic heterocycles. The largest absolute Gasteiger partial charge is 0.462 e. The van der Waals surface area contributed by atoms with Gasteiger partial charge in [0, 0.05) is 12.8 Å². The van der Waals surface area contributed by atoms with Gasteiger partial charge in [0.25, 0.3) is 0 Å². The third kappa shape index (κ3) is 68.7. The highest BCUT2D eigenvalue weighted by Gasteiger charge is 2.16. The molecule has 0 bridgehead atoms. The van der Waals surface area contributed by atoms with E-state index in [9.17, 15) is 14.7 Å². The molecule has 0 aliphatic rings. The molecule has 0 saturated heterocycles. The summed E-state index contributed by atoms with van der Waals surface area (Å²) in [6.45, 7) is 4.06. The Hall–Kier alpha value is -3.70. The molecular weight excluding hydrogens is 993 g/mol. The Morgan fingerprint density at radius 1 is 0.296 bits per heavy atom. The maximum atomic E-state index is 12.4. The van der Waals surface area contributed by atoms with E-state index in [4.69, 9.17) is 9.47 Å². The van der Waals surface area contributed by atoms with Crippen LogP contribution < -0.4 is 0 Å². The van der Waals surface area contributed by atoms with E-state index in [1.165, 1.54) is 199 Å². The predicted octanol–water partition coefficient (Wildman–Crippen LogP) is 24.2. The molecule has 0 rings (SSSR count). The van der Waals surface area contributed by atoms with E-state index < -0.39 is 6.10 Å². The molecule has 464 valence electrons. The van der Waals surface area contributed by atoms with Crippen LogP contribution in [-0.4, -0.2) is 36.4 Å². The number of allylic oxidation sites excluding steroid dienone is 20. The van der Waals surface area contributed by atoms with Crippen LogP contribution >= 0.6 is 0 Å². The van der Waals surface area contributed by atoms with Crippen LogP contribution in [0.3, 0.4) is 0 Å². The maximum Gasteiger partial charge on any atom is 0.306 e. The van der Waals surface area contributed by atoms with Crippen LogP contribution in [0.4, 0.5) is 0 Å². The summed E-state index contributed by atoms with van der Waals surface area (Å²) < 4.78 is 10.8. The summed E-state index contributed by atoms with van der Waals surface area (Å²) in [5.41, 5.74) is 0. The van der Waals surface area contributed by atoms with Crippen LogP contribution in [0, 0.1) is 0 Å². The van der Waals surface area contributed by atoms with Gasteiger partial charge in [-0.05, 0) is 89.9 Å². The monoisotopic (exact) mass is 1120 g/mol. The molecule has 1 unspecified atom stereocenters. The number of ether oxygens (including phenoxy) is 2. The average molecular weight is 1120 g/mol. The first-order valence-corrected chi connectivity index (χ1v) is 34.6. The molecule has 0 aromatic rings. The third-order valence-corrected chi connectivity index (χ3v) is 15.0. The fraction of sp³-hybridized carbons (Fsp3) is 0.711. The zero-order valence-corrected chi connectivity index (χ0v) is 53.3. The fourth-order valence-corrected chi connectivity index (χ4v) is 9.88. The van der Waals surface area contributed by atoms with Crippen molar-refractivity contribution in [2.45, 2.75) is 335 Å². The number of unbranched alkanes of at least 4 members (excludes halogenated alkanes) is 35. The van der Waals surface area contributed by atoms with Gasteiger partial charge in [0.2, 0.25) is 0 Å². The van der Waals surface area contributed by atoms with Crippen LogP contribution in [0.15, 0.2) is 122 Å². The Kier molecular flexibility index (Phi) is 67.3. The van der Waals surface area contributed by atoms with Crippen molar-refractivity contribution in [2.24, 2.45) is 0 Å². The van der Waals surface area contributed by atoms with E-state index in [0.717, 1.165) is 103 Å². The highest BCUT2D eigenvalue weighted by Crippen LogP contribution is 2.18. The Labute approximate surface area is 503 Å². The van der Waals surface area contributed by atoms with E-state index in [2.05, 4.69) is 135 Å². The molecule has 0 amide bonds. The first-order valence-electron chi connectivity index (χ1n) is 34.6. The normalized spacial score (nSPS) is 13.0. The number of hydrogen-bond acceptors (Lipinski definition) is 5. The molecule has 0 saturated carbocycles. The van der Waals surface area contributed by atoms with Gasteiger partial charge in [0.1, 0.15) is 6.61 Å². The van der Waals surface area contributed by atoms with Crippen LogP contribution in [-0.2, 0) is 19.1 Å². The lowest BCUT2D eigenvalue weighted by molar-refractivity contribution is -0.161. The van der Waals surface area contributed by atoms with Gasteiger partial charge >= 0.3 is 11.9 Å². The predicted molar refractivity (Wildman–Crippen MR) is 357 cm³/mol. The van der Waals surface area contributed by atoms with Crippen LogP contribution in [0.2, 0.25) is 0 Å². The Bertz CT molecular complexity index is 1600. The van der Waals surface area contributed by atoms with Crippen molar-refractivity contribution in [1.29, 1.82) is 0 Å². The minimum atomic E-state index is -0.781. The smallest absolute Gasteiger partial charge is 0.306 e. The molecule has 0 fully saturated rings. The maximum absolute atomic E-state index is 12.4. The molecule has 5 nitrogen and oxygen atoms in total. The molecular formula is C76H130O5. The van der Waals surface area contributed by atoms with Gasteiger partial charge in [-0.1, -0.05) is 347 Å². The van der Waals surface area contributed by atoms with Gasteiger partial charge < -0.3 is 14.6 Å². The zero-order valence-electron chi connectivity index (χ0n) is 53.3. The Morgan fingerprint density at radius 3 is 0.802 bits per heavy atom. The average Bonchev–Trinajstić information content (AvgIpc) is 3.47. The second kappa shape index (κ2) is 70.6. The van der Waals surface area contributed by atoms with Crippen molar-refractivity contribution in [3.05, 3.63) is 122 Å². The molecule has 0 radical (unpaired) electrons. The van der Waals surface area contributed by atoms with Crippen LogP contribution in [0.25, 0.3) is 0 Å². The fourth-order valence-electron chi connectivity index (χ4n) is 9.88. The van der Waals surface area contributed by atoms with Gasteiger partial charge in [-0.3, -0.25) is 9.59 Å². The number of carbonyl (C=O) groups is 2. The number of esters is 2. The Balaban J connectivity index is 3.52. The van der Waals surface area contributed by atoms with Gasteiger partial charge in [0.05, 0.1) is 6.61 Å². The third-order valence-electron chi connectivity index (χ3n) is 15.0. The van der Waals surface area contributed by atoms with E-state index >= 15 is 0 Å². The van der Waals surface area contributed by atoms with Crippen LogP contribution in [0.1, 0.15) is 328 Å². The van der Waals surface area contributed by atoms with Crippen molar-refractivity contribution in [3.63, 3.8) is 0 Å². The van der Waals surface area contributed by atoms with Crippen molar-refractivity contribution >= 4 is 11.9 Å². The highest BCUT2D eigenvalue weighted by molar-refractivity contribution is 5.70. The van der Waals surface area contributed by atoms with Gasteiger partial charge in [-0.25, -0.2) is 0 Å². The van der Waals surface area contributed by atoms with E-state index in [-0.39, 0.29) is 25.2 Å². The molecule has 0 heterocycles. The standard InChI is InChI=1S/C76H130O5/c1-3-5-7-9-11-13-15-17-19-21-23-25-27-29-31-32-33-34-35-36-37-38-39-40-41-42-43-44-45-47-49-51-53-55-57-59-61-63-65-67-69-71-76(79)81-74(72-77)73-80-75(78)70-68-66-64-62-60-58-56-54-52-50-48-46-30-28-26-24-22-20-18-16-14-12-10-8-6-4-2/h5,7,11,13,17,19,23,25,29,31,33-34,36-37,39-40,42-43,45,47,74,77H,3-4,6,8-10,12,14-16,18,20-22,24,26-28,30,32,35,38,41,44,46,48-73H2,1-2H3/b7-5-,13-11-,19-17-,25-23-,31-29-,34-33-,37-36-,40-39-,43-42-,47-45-. The summed E-state index contributed by atoms with van der Waals surface area (Å²) in [4.78, 5) is 24.6. The van der Waals surface area contributed by atoms with Gasteiger partial charge in [-0.2, -0.15) is 0 Å². The van der Waals surface area contributed by atoms with Crippen molar-refractivity contribution in [2.75, 3.05) is 13.2 Å². The molecule has 5 heteroatoms. The van der Waals surface area contributed by atoms with Crippen LogP contribution in [0.5, 0.6) is 0 Å². The van der Waals surface area contributed by atoms with E-state index in [0.29, 0.717) is 12.8 Å².